The largest absolute Gasteiger partial charge is 0.462 e. The molecule has 1 unspecified atom stereocenters. The molecule has 2 fully saturated rings. The first-order chi connectivity index (χ1) is 11.2. The van der Waals surface area contributed by atoms with Crippen molar-refractivity contribution < 1.29 is 14.0 Å². The van der Waals surface area contributed by atoms with Gasteiger partial charge in [-0.25, -0.2) is 4.79 Å². The van der Waals surface area contributed by atoms with Gasteiger partial charge in [-0.2, -0.15) is 0 Å². The number of benzene rings is 1. The van der Waals surface area contributed by atoms with E-state index in [1.165, 1.54) is 49.7 Å². The van der Waals surface area contributed by atoms with Gasteiger partial charge in [0.05, 0.1) is 26.2 Å². The summed E-state index contributed by atoms with van der Waals surface area (Å²) in [4.78, 5) is 12.0. The van der Waals surface area contributed by atoms with Crippen molar-refractivity contribution >= 4 is 12.0 Å². The predicted octanol–water partition coefficient (Wildman–Crippen LogP) is 3.65. The van der Waals surface area contributed by atoms with Crippen LogP contribution in [0.2, 0.25) is 0 Å². The van der Waals surface area contributed by atoms with Crippen LogP contribution in [0.25, 0.3) is 6.08 Å². The fourth-order valence-corrected chi connectivity index (χ4v) is 4.39. The van der Waals surface area contributed by atoms with E-state index in [2.05, 4.69) is 7.05 Å². The first-order valence-corrected chi connectivity index (χ1v) is 8.91. The van der Waals surface area contributed by atoms with Gasteiger partial charge in [0.15, 0.2) is 0 Å². The van der Waals surface area contributed by atoms with Crippen LogP contribution in [0.3, 0.4) is 0 Å². The van der Waals surface area contributed by atoms with E-state index >= 15 is 0 Å². The van der Waals surface area contributed by atoms with Gasteiger partial charge in [-0.05, 0) is 37.3 Å². The molecule has 0 radical (unpaired) electrons. The minimum Gasteiger partial charge on any atom is -0.462 e. The zero-order chi connectivity index (χ0) is 16.1. The van der Waals surface area contributed by atoms with E-state index in [1.807, 2.05) is 36.4 Å². The van der Waals surface area contributed by atoms with Gasteiger partial charge in [0.25, 0.3) is 0 Å². The van der Waals surface area contributed by atoms with E-state index in [9.17, 15) is 4.79 Å². The lowest BCUT2D eigenvalue weighted by Gasteiger charge is -2.51. The van der Waals surface area contributed by atoms with Crippen LogP contribution in [-0.2, 0) is 9.53 Å². The lowest BCUT2D eigenvalue weighted by Crippen LogP contribution is -2.61. The Morgan fingerprint density at radius 3 is 2.78 bits per heavy atom. The van der Waals surface area contributed by atoms with Gasteiger partial charge in [0.1, 0.15) is 6.61 Å². The maximum atomic E-state index is 12.0. The average Bonchev–Trinajstić information content (AvgIpc) is 2.58. The topological polar surface area (TPSA) is 26.3 Å². The van der Waals surface area contributed by atoms with Crippen molar-refractivity contribution in [3.8, 4) is 0 Å². The minimum absolute atomic E-state index is 0.218. The highest BCUT2D eigenvalue weighted by Gasteiger charge is 2.43. The van der Waals surface area contributed by atoms with Gasteiger partial charge in [0.2, 0.25) is 0 Å². The highest BCUT2D eigenvalue weighted by molar-refractivity contribution is 5.87. The van der Waals surface area contributed by atoms with Crippen LogP contribution >= 0.6 is 0 Å². The van der Waals surface area contributed by atoms with Crippen LogP contribution in [0.1, 0.15) is 37.7 Å². The Labute approximate surface area is 139 Å². The third kappa shape index (κ3) is 4.03. The number of ether oxygens (including phenoxy) is 1. The Balaban J connectivity index is 1.53. The molecule has 0 aromatic heterocycles. The van der Waals surface area contributed by atoms with Crippen molar-refractivity contribution in [3.05, 3.63) is 42.0 Å². The average molecular weight is 314 g/mol. The third-order valence-corrected chi connectivity index (χ3v) is 5.66. The molecule has 2 aliphatic rings. The van der Waals surface area contributed by atoms with E-state index in [-0.39, 0.29) is 5.97 Å². The Bertz CT molecular complexity index is 550. The van der Waals surface area contributed by atoms with Crippen LogP contribution in [0, 0.1) is 5.92 Å². The standard InChI is InChI=1S/C20H28NO2/c1-21-14-6-5-11-19(21)18(10-7-15-21)16-23-20(22)13-12-17-8-3-2-4-9-17/h2-4,8-9,12-13,18-19H,5-7,10-11,14-16H2,1H3/q+1/b13-12+/t18-,19-,21?/m0/s1. The summed E-state index contributed by atoms with van der Waals surface area (Å²) in [5.41, 5.74) is 1.03. The second-order valence-corrected chi connectivity index (χ2v) is 7.27. The number of nitrogens with zero attached hydrogens (tertiary/aromatic N) is 1. The Kier molecular flexibility index (Phi) is 5.16. The normalized spacial score (nSPS) is 30.8. The molecular weight excluding hydrogens is 286 g/mol. The van der Waals surface area contributed by atoms with Crippen molar-refractivity contribution in [2.24, 2.45) is 5.92 Å². The second-order valence-electron chi connectivity index (χ2n) is 7.27. The zero-order valence-corrected chi connectivity index (χ0v) is 14.1. The molecule has 0 aliphatic carbocycles. The Morgan fingerprint density at radius 1 is 1.17 bits per heavy atom. The van der Waals surface area contributed by atoms with Crippen LogP contribution in [-0.4, -0.2) is 43.2 Å². The molecule has 3 atom stereocenters. The summed E-state index contributed by atoms with van der Waals surface area (Å²) in [5.74, 6) is 0.313. The van der Waals surface area contributed by atoms with E-state index in [1.54, 1.807) is 6.08 Å². The molecule has 0 amide bonds. The highest BCUT2D eigenvalue weighted by Crippen LogP contribution is 2.36. The molecule has 1 aromatic rings. The fourth-order valence-electron chi connectivity index (χ4n) is 4.39. The quantitative estimate of drug-likeness (QED) is 0.482. The van der Waals surface area contributed by atoms with Crippen LogP contribution in [0.4, 0.5) is 0 Å². The summed E-state index contributed by atoms with van der Waals surface area (Å²) in [6.07, 6.45) is 9.80. The van der Waals surface area contributed by atoms with Gasteiger partial charge in [0, 0.05) is 18.4 Å². The number of fused-ring (bicyclic) bond motifs is 1. The second kappa shape index (κ2) is 7.31. The lowest BCUT2D eigenvalue weighted by molar-refractivity contribution is -0.947. The first kappa shape index (κ1) is 16.3. The highest BCUT2D eigenvalue weighted by atomic mass is 16.5. The van der Waals surface area contributed by atoms with Gasteiger partial charge in [-0.1, -0.05) is 30.3 Å². The van der Waals surface area contributed by atoms with Gasteiger partial charge >= 0.3 is 5.97 Å². The number of rotatable bonds is 4. The number of carbonyl (C=O) groups is 1. The number of esters is 1. The molecule has 0 bridgehead atoms. The molecule has 0 N–H and O–H groups in total. The number of piperidine rings is 2. The van der Waals surface area contributed by atoms with E-state index < -0.39 is 0 Å². The molecule has 3 rings (SSSR count). The summed E-state index contributed by atoms with van der Waals surface area (Å²) in [6.45, 7) is 3.17. The summed E-state index contributed by atoms with van der Waals surface area (Å²) >= 11 is 0. The molecule has 2 heterocycles. The maximum Gasteiger partial charge on any atom is 0.330 e. The van der Waals surface area contributed by atoms with Crippen LogP contribution in [0.5, 0.6) is 0 Å². The van der Waals surface area contributed by atoms with Gasteiger partial charge < -0.3 is 9.22 Å². The number of carbonyl (C=O) groups excluding carboxylic acids is 1. The minimum atomic E-state index is -0.218. The lowest BCUT2D eigenvalue weighted by atomic mass is 9.82. The predicted molar refractivity (Wildman–Crippen MR) is 92.7 cm³/mol. The molecule has 3 heteroatoms. The maximum absolute atomic E-state index is 12.0. The van der Waals surface area contributed by atoms with E-state index in [4.69, 9.17) is 4.74 Å². The van der Waals surface area contributed by atoms with Crippen molar-refractivity contribution in [1.82, 2.24) is 0 Å². The molecule has 0 saturated carbocycles. The zero-order valence-electron chi connectivity index (χ0n) is 14.1. The molecule has 2 saturated heterocycles. The number of hydrogen-bond donors (Lipinski definition) is 0. The molecule has 2 aliphatic heterocycles. The summed E-state index contributed by atoms with van der Waals surface area (Å²) in [5, 5.41) is 0. The van der Waals surface area contributed by atoms with Gasteiger partial charge in [-0.3, -0.25) is 0 Å². The first-order valence-electron chi connectivity index (χ1n) is 8.91. The van der Waals surface area contributed by atoms with Crippen LogP contribution in [0.15, 0.2) is 36.4 Å². The van der Waals surface area contributed by atoms with Crippen molar-refractivity contribution in [1.29, 1.82) is 0 Å². The number of hydrogen-bond acceptors (Lipinski definition) is 2. The third-order valence-electron chi connectivity index (χ3n) is 5.66. The van der Waals surface area contributed by atoms with E-state index in [0.29, 0.717) is 18.6 Å². The van der Waals surface area contributed by atoms with Crippen molar-refractivity contribution in [2.45, 2.75) is 38.1 Å². The van der Waals surface area contributed by atoms with Crippen molar-refractivity contribution in [3.63, 3.8) is 0 Å². The molecular formula is C20H28NO2+. The SMILES string of the molecule is C[N+]12CCCC[C@H]1[C@H](COC(=O)/C=C/c1ccccc1)CCC2. The smallest absolute Gasteiger partial charge is 0.330 e. The van der Waals surface area contributed by atoms with Crippen LogP contribution < -0.4 is 0 Å². The molecule has 124 valence electrons. The summed E-state index contributed by atoms with van der Waals surface area (Å²) in [6, 6.07) is 10.6. The van der Waals surface area contributed by atoms with Gasteiger partial charge in [-0.15, -0.1) is 0 Å². The van der Waals surface area contributed by atoms with Crippen molar-refractivity contribution in [2.75, 3.05) is 26.7 Å². The molecule has 1 aromatic carbocycles. The monoisotopic (exact) mass is 314 g/mol. The summed E-state index contributed by atoms with van der Waals surface area (Å²) < 4.78 is 6.76. The number of quaternary nitrogens is 1. The Morgan fingerprint density at radius 2 is 1.96 bits per heavy atom. The summed E-state index contributed by atoms with van der Waals surface area (Å²) in [7, 11) is 2.40. The Hall–Kier alpha value is -1.61. The fraction of sp³-hybridized carbons (Fsp3) is 0.550. The molecule has 3 nitrogen and oxygen atoms in total. The van der Waals surface area contributed by atoms with E-state index in [0.717, 1.165) is 5.56 Å². The molecule has 0 spiro atoms. The molecule has 23 heavy (non-hydrogen) atoms.